The fraction of sp³-hybridized carbons (Fsp3) is 0.200. The molecule has 0 aliphatic carbocycles. The van der Waals surface area contributed by atoms with Gasteiger partial charge in [-0.05, 0) is 30.7 Å². The Bertz CT molecular complexity index is 1500. The molecule has 0 aliphatic rings. The molecule has 0 bridgehead atoms. The van der Waals surface area contributed by atoms with Gasteiger partial charge in [-0.25, -0.2) is 18.1 Å². The predicted molar refractivity (Wildman–Crippen MR) is 135 cm³/mol. The number of sulfonamides is 1. The summed E-state index contributed by atoms with van der Waals surface area (Å²) in [5.41, 5.74) is 1.13. The van der Waals surface area contributed by atoms with Crippen molar-refractivity contribution in [3.63, 3.8) is 0 Å². The Morgan fingerprint density at radius 3 is 2.14 bits per heavy atom. The van der Waals surface area contributed by atoms with E-state index in [2.05, 4.69) is 19.9 Å². The zero-order valence-electron chi connectivity index (χ0n) is 20.6. The smallest absolute Gasteiger partial charge is 0.303 e. The van der Waals surface area contributed by atoms with Gasteiger partial charge in [-0.2, -0.15) is 0 Å². The second-order valence-corrected chi connectivity index (χ2v) is 9.79. The second kappa shape index (κ2) is 10.7. The number of carbonyl (C=O) groups is 1. The van der Waals surface area contributed by atoms with Gasteiger partial charge in [0.15, 0.2) is 5.82 Å². The maximum atomic E-state index is 13.4. The summed E-state index contributed by atoms with van der Waals surface area (Å²) in [4.78, 5) is 17.8. The topological polar surface area (TPSA) is 135 Å². The Kier molecular flexibility index (Phi) is 7.39. The Hall–Kier alpha value is -4.45. The number of aromatic nitrogens is 4. The SMILES string of the molecule is COc1cccc(-c2nnc(C(=O)NS(=O)(=O)C(C)c3ccccc3)n2-c2c(OC)cccc2OC)n1. The Labute approximate surface area is 214 Å². The van der Waals surface area contributed by atoms with Crippen molar-refractivity contribution in [3.05, 3.63) is 78.1 Å². The molecule has 192 valence electrons. The van der Waals surface area contributed by atoms with E-state index in [-0.39, 0.29) is 17.3 Å². The highest BCUT2D eigenvalue weighted by molar-refractivity contribution is 7.90. The van der Waals surface area contributed by atoms with Gasteiger partial charge in [-0.3, -0.25) is 9.36 Å². The molecule has 2 aromatic heterocycles. The maximum absolute atomic E-state index is 13.4. The number of hydrogen-bond donors (Lipinski definition) is 1. The van der Waals surface area contributed by atoms with E-state index in [1.54, 1.807) is 66.7 Å². The molecular formula is C25H25N5O6S. The van der Waals surface area contributed by atoms with E-state index in [9.17, 15) is 13.2 Å². The van der Waals surface area contributed by atoms with Crippen LogP contribution in [0.2, 0.25) is 0 Å². The molecule has 0 fully saturated rings. The first kappa shape index (κ1) is 25.6. The third-order valence-electron chi connectivity index (χ3n) is 5.62. The van der Waals surface area contributed by atoms with E-state index in [0.717, 1.165) is 0 Å². The van der Waals surface area contributed by atoms with Crippen molar-refractivity contribution in [2.75, 3.05) is 21.3 Å². The molecule has 4 aromatic rings. The average Bonchev–Trinajstić information content (AvgIpc) is 3.37. The normalized spacial score (nSPS) is 12.0. The van der Waals surface area contributed by atoms with Crippen molar-refractivity contribution < 1.29 is 27.4 Å². The van der Waals surface area contributed by atoms with Crippen molar-refractivity contribution in [2.24, 2.45) is 0 Å². The van der Waals surface area contributed by atoms with Gasteiger partial charge < -0.3 is 14.2 Å². The van der Waals surface area contributed by atoms with Gasteiger partial charge in [0.25, 0.3) is 0 Å². The predicted octanol–water partition coefficient (Wildman–Crippen LogP) is 3.18. The highest BCUT2D eigenvalue weighted by Crippen LogP contribution is 2.36. The zero-order valence-corrected chi connectivity index (χ0v) is 21.4. The van der Waals surface area contributed by atoms with Gasteiger partial charge in [0.1, 0.15) is 28.1 Å². The van der Waals surface area contributed by atoms with Crippen LogP contribution in [0, 0.1) is 0 Å². The van der Waals surface area contributed by atoms with Gasteiger partial charge >= 0.3 is 5.91 Å². The molecule has 1 amide bonds. The Balaban J connectivity index is 1.86. The minimum atomic E-state index is -4.14. The van der Waals surface area contributed by atoms with E-state index in [0.29, 0.717) is 28.6 Å². The summed E-state index contributed by atoms with van der Waals surface area (Å²) in [6.45, 7) is 1.49. The summed E-state index contributed by atoms with van der Waals surface area (Å²) >= 11 is 0. The molecular weight excluding hydrogens is 498 g/mol. The molecule has 0 saturated heterocycles. The number of nitrogens with one attached hydrogen (secondary N) is 1. The first-order valence-corrected chi connectivity index (χ1v) is 12.6. The quantitative estimate of drug-likeness (QED) is 0.351. The van der Waals surface area contributed by atoms with Gasteiger partial charge in [-0.15, -0.1) is 10.2 Å². The number of carbonyl (C=O) groups excluding carboxylic acids is 1. The fourth-order valence-corrected chi connectivity index (χ4v) is 4.72. The van der Waals surface area contributed by atoms with Gasteiger partial charge in [0.2, 0.25) is 21.7 Å². The molecule has 12 heteroatoms. The Morgan fingerprint density at radius 2 is 1.51 bits per heavy atom. The molecule has 1 N–H and O–H groups in total. The number of amides is 1. The molecule has 11 nitrogen and oxygen atoms in total. The summed E-state index contributed by atoms with van der Waals surface area (Å²) in [5.74, 6) is -0.191. The van der Waals surface area contributed by atoms with Crippen molar-refractivity contribution in [1.29, 1.82) is 0 Å². The number of ether oxygens (including phenoxy) is 3. The molecule has 4 rings (SSSR count). The van der Waals surface area contributed by atoms with E-state index in [1.807, 2.05) is 0 Å². The Morgan fingerprint density at radius 1 is 0.865 bits per heavy atom. The second-order valence-electron chi connectivity index (χ2n) is 7.79. The molecule has 37 heavy (non-hydrogen) atoms. The number of benzene rings is 2. The number of rotatable bonds is 9. The summed E-state index contributed by atoms with van der Waals surface area (Å²) in [5, 5.41) is 7.20. The van der Waals surface area contributed by atoms with Crippen LogP contribution in [0.5, 0.6) is 17.4 Å². The van der Waals surface area contributed by atoms with E-state index in [4.69, 9.17) is 14.2 Å². The average molecular weight is 524 g/mol. The van der Waals surface area contributed by atoms with Crippen molar-refractivity contribution in [2.45, 2.75) is 12.2 Å². The van der Waals surface area contributed by atoms with Crippen LogP contribution in [0.3, 0.4) is 0 Å². The van der Waals surface area contributed by atoms with Crippen LogP contribution in [0.4, 0.5) is 0 Å². The van der Waals surface area contributed by atoms with Gasteiger partial charge in [-0.1, -0.05) is 42.5 Å². The van der Waals surface area contributed by atoms with E-state index >= 15 is 0 Å². The molecule has 0 saturated carbocycles. The first-order chi connectivity index (χ1) is 17.8. The van der Waals surface area contributed by atoms with E-state index in [1.165, 1.54) is 32.8 Å². The molecule has 0 aliphatic heterocycles. The largest absolute Gasteiger partial charge is 0.494 e. The maximum Gasteiger partial charge on any atom is 0.303 e. The molecule has 2 heterocycles. The number of para-hydroxylation sites is 1. The monoisotopic (exact) mass is 523 g/mol. The summed E-state index contributed by atoms with van der Waals surface area (Å²) in [6.07, 6.45) is 0. The minimum Gasteiger partial charge on any atom is -0.494 e. The highest BCUT2D eigenvalue weighted by atomic mass is 32.2. The number of pyridine rings is 1. The summed E-state index contributed by atoms with van der Waals surface area (Å²) in [7, 11) is 0.246. The minimum absolute atomic E-state index is 0.139. The van der Waals surface area contributed by atoms with Crippen LogP contribution >= 0.6 is 0 Å². The van der Waals surface area contributed by atoms with Crippen molar-refractivity contribution in [1.82, 2.24) is 24.5 Å². The fourth-order valence-electron chi connectivity index (χ4n) is 3.68. The number of hydrogen-bond acceptors (Lipinski definition) is 9. The third kappa shape index (κ3) is 5.09. The van der Waals surface area contributed by atoms with Crippen LogP contribution in [0.25, 0.3) is 17.2 Å². The molecule has 0 spiro atoms. The van der Waals surface area contributed by atoms with E-state index < -0.39 is 21.2 Å². The summed E-state index contributed by atoms with van der Waals surface area (Å²) in [6, 6.07) is 18.6. The zero-order chi connectivity index (χ0) is 26.6. The third-order valence-corrected chi connectivity index (χ3v) is 7.30. The molecule has 2 aromatic carbocycles. The van der Waals surface area contributed by atoms with Crippen LogP contribution in [0.1, 0.15) is 28.4 Å². The summed E-state index contributed by atoms with van der Waals surface area (Å²) < 4.78 is 46.0. The van der Waals surface area contributed by atoms with Crippen LogP contribution in [-0.4, -0.2) is 55.4 Å². The van der Waals surface area contributed by atoms with Crippen molar-refractivity contribution >= 4 is 15.9 Å². The lowest BCUT2D eigenvalue weighted by molar-refractivity contribution is 0.0969. The van der Waals surface area contributed by atoms with Crippen LogP contribution in [0.15, 0.2) is 66.7 Å². The number of nitrogens with zero attached hydrogens (tertiary/aromatic N) is 4. The highest BCUT2D eigenvalue weighted by Gasteiger charge is 2.31. The lowest BCUT2D eigenvalue weighted by atomic mass is 10.2. The molecule has 1 atom stereocenters. The first-order valence-electron chi connectivity index (χ1n) is 11.1. The van der Waals surface area contributed by atoms with Gasteiger partial charge in [0, 0.05) is 6.07 Å². The lowest BCUT2D eigenvalue weighted by Crippen LogP contribution is -2.35. The standard InChI is InChI=1S/C25H25N5O6S/c1-16(17-10-6-5-7-11-17)37(32,33)29-25(31)24-28-27-23(18-12-8-15-21(26-18)36-4)30(24)22-19(34-2)13-9-14-20(22)35-3/h5-16H,1-4H3,(H,29,31). The number of methoxy groups -OCH3 is 3. The van der Waals surface area contributed by atoms with Gasteiger partial charge in [0.05, 0.1) is 21.3 Å². The van der Waals surface area contributed by atoms with Crippen LogP contribution < -0.4 is 18.9 Å². The lowest BCUT2D eigenvalue weighted by Gasteiger charge is -2.18. The van der Waals surface area contributed by atoms with Crippen LogP contribution in [-0.2, 0) is 10.0 Å². The molecule has 0 radical (unpaired) electrons. The van der Waals surface area contributed by atoms with Crippen molar-refractivity contribution in [3.8, 4) is 34.6 Å². The molecule has 1 unspecified atom stereocenters.